The van der Waals surface area contributed by atoms with Gasteiger partial charge < -0.3 is 35.0 Å². The van der Waals surface area contributed by atoms with Crippen LogP contribution in [-0.2, 0) is 19.1 Å². The highest BCUT2D eigenvalue weighted by atomic mass is 19.1. The van der Waals surface area contributed by atoms with Crippen LogP contribution in [-0.4, -0.2) is 79.5 Å². The van der Waals surface area contributed by atoms with Gasteiger partial charge in [-0.3, -0.25) is 4.79 Å². The summed E-state index contributed by atoms with van der Waals surface area (Å²) in [5.41, 5.74) is 0.119. The summed E-state index contributed by atoms with van der Waals surface area (Å²) >= 11 is 0. The first-order chi connectivity index (χ1) is 16.5. The molecule has 0 aliphatic carbocycles. The monoisotopic (exact) mass is 492 g/mol. The summed E-state index contributed by atoms with van der Waals surface area (Å²) in [5.74, 6) is -1.63. The topological polar surface area (TPSA) is 120 Å². The molecule has 1 fully saturated rings. The van der Waals surface area contributed by atoms with Gasteiger partial charge in [0, 0.05) is 25.7 Å². The Labute approximate surface area is 204 Å². The summed E-state index contributed by atoms with van der Waals surface area (Å²) in [6.45, 7) is 6.08. The Morgan fingerprint density at radius 3 is 2.51 bits per heavy atom. The number of β-amino-alcohol motifs (C(OH)–C–C–N with tert-alkyl or cyclic N) is 1. The molecule has 3 rings (SSSR count). The smallest absolute Gasteiger partial charge is 0.407 e. The molecule has 2 heterocycles. The first-order valence-corrected chi connectivity index (χ1v) is 11.6. The molecule has 2 aliphatic heterocycles. The second-order valence-corrected chi connectivity index (χ2v) is 9.46. The third-order valence-corrected chi connectivity index (χ3v) is 5.73. The van der Waals surface area contributed by atoms with Crippen molar-refractivity contribution in [3.63, 3.8) is 0 Å². The zero-order valence-corrected chi connectivity index (χ0v) is 20.5. The van der Waals surface area contributed by atoms with Crippen molar-refractivity contribution in [2.75, 3.05) is 50.1 Å². The molecule has 35 heavy (non-hydrogen) atoms. The SMILES string of the molecule is COC(=O)C1=C(Nc2cccc(F)c2N2CCC(NC(=O)OC(C)(C)C)CC2)C(=O)N(CCO)C1. The molecule has 10 nitrogen and oxygen atoms in total. The summed E-state index contributed by atoms with van der Waals surface area (Å²) in [6, 6.07) is 4.37. The number of nitrogens with zero attached hydrogens (tertiary/aromatic N) is 2. The fourth-order valence-corrected chi connectivity index (χ4v) is 4.14. The van der Waals surface area contributed by atoms with Gasteiger partial charge >= 0.3 is 12.1 Å². The highest BCUT2D eigenvalue weighted by Crippen LogP contribution is 2.34. The fourth-order valence-electron chi connectivity index (χ4n) is 4.14. The second kappa shape index (κ2) is 10.9. The maximum absolute atomic E-state index is 15.0. The van der Waals surface area contributed by atoms with Crippen LogP contribution < -0.4 is 15.5 Å². The van der Waals surface area contributed by atoms with Crippen molar-refractivity contribution in [3.8, 4) is 0 Å². The number of nitrogens with one attached hydrogen (secondary N) is 2. The van der Waals surface area contributed by atoms with Crippen LogP contribution in [0.2, 0.25) is 0 Å². The maximum atomic E-state index is 15.0. The van der Waals surface area contributed by atoms with E-state index in [1.165, 1.54) is 24.1 Å². The Hall–Kier alpha value is -3.34. The second-order valence-electron chi connectivity index (χ2n) is 9.46. The lowest BCUT2D eigenvalue weighted by molar-refractivity contribution is -0.136. The highest BCUT2D eigenvalue weighted by molar-refractivity contribution is 6.09. The number of halogens is 1. The van der Waals surface area contributed by atoms with Gasteiger partial charge in [0.15, 0.2) is 0 Å². The van der Waals surface area contributed by atoms with Crippen LogP contribution >= 0.6 is 0 Å². The molecule has 0 saturated carbocycles. The quantitative estimate of drug-likeness (QED) is 0.495. The number of anilines is 2. The summed E-state index contributed by atoms with van der Waals surface area (Å²) < 4.78 is 25.1. The van der Waals surface area contributed by atoms with Crippen LogP contribution in [0.1, 0.15) is 33.6 Å². The van der Waals surface area contributed by atoms with Crippen molar-refractivity contribution >= 4 is 29.3 Å². The van der Waals surface area contributed by atoms with Crippen LogP contribution in [0.25, 0.3) is 0 Å². The van der Waals surface area contributed by atoms with Crippen molar-refractivity contribution in [2.45, 2.75) is 45.3 Å². The minimum atomic E-state index is -0.673. The zero-order valence-electron chi connectivity index (χ0n) is 20.5. The number of amides is 2. The third kappa shape index (κ3) is 6.41. The molecule has 0 bridgehead atoms. The molecule has 0 aromatic heterocycles. The average molecular weight is 493 g/mol. The predicted molar refractivity (Wildman–Crippen MR) is 127 cm³/mol. The van der Waals surface area contributed by atoms with Gasteiger partial charge in [0.2, 0.25) is 0 Å². The van der Waals surface area contributed by atoms with Gasteiger partial charge in [-0.15, -0.1) is 0 Å². The number of methoxy groups -OCH3 is 1. The van der Waals surface area contributed by atoms with E-state index in [9.17, 15) is 19.5 Å². The Balaban J connectivity index is 1.77. The molecule has 1 saturated heterocycles. The molecule has 1 aromatic carbocycles. The van der Waals surface area contributed by atoms with Crippen molar-refractivity contribution in [3.05, 3.63) is 35.3 Å². The number of ether oxygens (including phenoxy) is 2. The zero-order chi connectivity index (χ0) is 25.8. The molecule has 1 aromatic rings. The number of carbonyl (C=O) groups excluding carboxylic acids is 3. The van der Waals surface area contributed by atoms with Gasteiger partial charge in [-0.25, -0.2) is 14.0 Å². The normalized spacial score (nSPS) is 17.0. The minimum Gasteiger partial charge on any atom is -0.466 e. The van der Waals surface area contributed by atoms with Crippen LogP contribution in [0.3, 0.4) is 0 Å². The Kier molecular flexibility index (Phi) is 8.21. The van der Waals surface area contributed by atoms with Gasteiger partial charge in [0.25, 0.3) is 5.91 Å². The molecule has 0 spiro atoms. The van der Waals surface area contributed by atoms with Gasteiger partial charge in [0.1, 0.15) is 17.1 Å². The predicted octanol–water partition coefficient (Wildman–Crippen LogP) is 1.99. The van der Waals surface area contributed by atoms with Crippen molar-refractivity contribution in [1.29, 1.82) is 0 Å². The standard InChI is InChI=1S/C24H33FN4O6/c1-24(2,3)35-23(33)26-15-8-10-28(11-9-15)20-17(25)6-5-7-18(20)27-19-16(22(32)34-4)14-29(12-13-30)21(19)31/h5-7,15,27,30H,8-14H2,1-4H3,(H,26,33). The van der Waals surface area contributed by atoms with E-state index in [1.54, 1.807) is 26.8 Å². The number of rotatable bonds is 7. The summed E-state index contributed by atoms with van der Waals surface area (Å²) in [7, 11) is 1.22. The summed E-state index contributed by atoms with van der Waals surface area (Å²) in [4.78, 5) is 40.4. The average Bonchev–Trinajstić information content (AvgIpc) is 3.08. The van der Waals surface area contributed by atoms with E-state index in [1.807, 2.05) is 4.90 Å². The Morgan fingerprint density at radius 1 is 1.23 bits per heavy atom. The first-order valence-electron chi connectivity index (χ1n) is 11.6. The number of esters is 1. The van der Waals surface area contributed by atoms with E-state index >= 15 is 4.39 Å². The number of piperidine rings is 1. The van der Waals surface area contributed by atoms with E-state index in [0.717, 1.165) is 0 Å². The van der Waals surface area contributed by atoms with Crippen molar-refractivity contribution in [1.82, 2.24) is 10.2 Å². The van der Waals surface area contributed by atoms with Crippen LogP contribution in [0, 0.1) is 5.82 Å². The molecule has 0 unspecified atom stereocenters. The molecule has 192 valence electrons. The van der Waals surface area contributed by atoms with E-state index in [2.05, 4.69) is 10.6 Å². The molecular weight excluding hydrogens is 459 g/mol. The van der Waals surface area contributed by atoms with Crippen molar-refractivity contribution < 1.29 is 33.4 Å². The van der Waals surface area contributed by atoms with Crippen molar-refractivity contribution in [2.24, 2.45) is 0 Å². The van der Waals surface area contributed by atoms with Gasteiger partial charge in [-0.2, -0.15) is 0 Å². The maximum Gasteiger partial charge on any atom is 0.407 e. The van der Waals surface area contributed by atoms with Crippen LogP contribution in [0.4, 0.5) is 20.6 Å². The molecule has 11 heteroatoms. The molecule has 3 N–H and O–H groups in total. The number of alkyl carbamates (subject to hydrolysis) is 1. The number of carbonyl (C=O) groups is 3. The summed E-state index contributed by atoms with van der Waals surface area (Å²) in [6.07, 6.45) is 0.664. The molecule has 2 amide bonds. The Morgan fingerprint density at radius 2 is 1.91 bits per heavy atom. The van der Waals surface area contributed by atoms with E-state index in [0.29, 0.717) is 31.6 Å². The minimum absolute atomic E-state index is 0.00127. The first kappa shape index (κ1) is 26.3. The van der Waals surface area contributed by atoms with Gasteiger partial charge in [-0.1, -0.05) is 6.07 Å². The van der Waals surface area contributed by atoms with Crippen LogP contribution in [0.15, 0.2) is 29.5 Å². The number of aliphatic hydroxyl groups excluding tert-OH is 1. The van der Waals surface area contributed by atoms with Gasteiger partial charge in [-0.05, 0) is 45.7 Å². The highest BCUT2D eigenvalue weighted by Gasteiger charge is 2.35. The largest absolute Gasteiger partial charge is 0.466 e. The lowest BCUT2D eigenvalue weighted by atomic mass is 10.0. The Bertz CT molecular complexity index is 998. The van der Waals surface area contributed by atoms with E-state index in [-0.39, 0.29) is 42.7 Å². The lowest BCUT2D eigenvalue weighted by Crippen LogP contribution is -2.46. The molecule has 2 aliphatic rings. The van der Waals surface area contributed by atoms with Crippen LogP contribution in [0.5, 0.6) is 0 Å². The van der Waals surface area contributed by atoms with Gasteiger partial charge in [0.05, 0.1) is 37.2 Å². The molecular formula is C24H33FN4O6. The number of hydrogen-bond donors (Lipinski definition) is 3. The molecule has 0 radical (unpaired) electrons. The number of para-hydroxylation sites is 1. The van der Waals surface area contributed by atoms with E-state index in [4.69, 9.17) is 9.47 Å². The lowest BCUT2D eigenvalue weighted by Gasteiger charge is -2.35. The number of aliphatic hydroxyl groups is 1. The summed E-state index contributed by atoms with van der Waals surface area (Å²) in [5, 5.41) is 15.1. The third-order valence-electron chi connectivity index (χ3n) is 5.73. The van der Waals surface area contributed by atoms with E-state index < -0.39 is 29.4 Å². The number of benzene rings is 1. The number of hydrogen-bond acceptors (Lipinski definition) is 8. The molecule has 0 atom stereocenters. The fraction of sp³-hybridized carbons (Fsp3) is 0.542.